The lowest BCUT2D eigenvalue weighted by molar-refractivity contribution is -0.0174. The van der Waals surface area contributed by atoms with Gasteiger partial charge in [-0.2, -0.15) is 0 Å². The quantitative estimate of drug-likeness (QED) is 0.355. The Morgan fingerprint density at radius 1 is 1.52 bits per heavy atom. The number of guanidine groups is 1. The average molecular weight is 481 g/mol. The summed E-state index contributed by atoms with van der Waals surface area (Å²) in [5, 5.41) is 7.99. The molecular formula is C17H32IN5OS. The van der Waals surface area contributed by atoms with Gasteiger partial charge in [0.15, 0.2) is 5.96 Å². The number of morpholine rings is 1. The van der Waals surface area contributed by atoms with E-state index in [4.69, 9.17) is 4.74 Å². The molecule has 2 unspecified atom stereocenters. The summed E-state index contributed by atoms with van der Waals surface area (Å²) >= 11 is 1.80. The minimum atomic E-state index is 0. The van der Waals surface area contributed by atoms with Gasteiger partial charge in [0.25, 0.3) is 0 Å². The lowest BCUT2D eigenvalue weighted by atomic mass is 10.2. The highest BCUT2D eigenvalue weighted by atomic mass is 127. The predicted molar refractivity (Wildman–Crippen MR) is 116 cm³/mol. The Bertz CT molecular complexity index is 525. The Hall–Kier alpha value is -0.450. The molecule has 2 N–H and O–H groups in total. The summed E-state index contributed by atoms with van der Waals surface area (Å²) in [5.41, 5.74) is 0. The predicted octanol–water partition coefficient (Wildman–Crippen LogP) is 2.14. The highest BCUT2D eigenvalue weighted by Gasteiger charge is 2.23. The van der Waals surface area contributed by atoms with Gasteiger partial charge in [0.1, 0.15) is 0 Å². The molecule has 1 aliphatic rings. The number of thiazole rings is 1. The largest absolute Gasteiger partial charge is 0.379 e. The van der Waals surface area contributed by atoms with Crippen molar-refractivity contribution in [2.75, 3.05) is 39.9 Å². The first kappa shape index (κ1) is 22.6. The van der Waals surface area contributed by atoms with E-state index in [0.29, 0.717) is 12.1 Å². The maximum atomic E-state index is 5.51. The third-order valence-electron chi connectivity index (χ3n) is 4.35. The molecule has 0 spiro atoms. The molecule has 0 aromatic carbocycles. The van der Waals surface area contributed by atoms with Gasteiger partial charge in [0.2, 0.25) is 0 Å². The third kappa shape index (κ3) is 7.36. The lowest BCUT2D eigenvalue weighted by Gasteiger charge is -2.38. The lowest BCUT2D eigenvalue weighted by Crippen LogP contribution is -2.53. The fourth-order valence-corrected chi connectivity index (χ4v) is 3.75. The van der Waals surface area contributed by atoms with Crippen molar-refractivity contribution >= 4 is 41.3 Å². The summed E-state index contributed by atoms with van der Waals surface area (Å²) in [6, 6.07) is 0.928. The first-order chi connectivity index (χ1) is 11.6. The van der Waals surface area contributed by atoms with Gasteiger partial charge in [-0.25, -0.2) is 4.98 Å². The molecule has 0 aliphatic carbocycles. The van der Waals surface area contributed by atoms with Crippen LogP contribution >= 0.6 is 35.3 Å². The standard InChI is InChI=1S/C17H31N5OS.HI/c1-5-15-11-20-16(24-15)6-7-19-17(18-4)21-10-13(2)22-8-9-23-12-14(22)3;/h11,13-14H,5-10,12H2,1-4H3,(H2,18,19,21);1H. The van der Waals surface area contributed by atoms with Crippen LogP contribution in [-0.4, -0.2) is 67.8 Å². The normalized spacial score (nSPS) is 20.0. The Balaban J connectivity index is 0.00000312. The molecule has 1 fully saturated rings. The molecule has 0 radical (unpaired) electrons. The number of aryl methyl sites for hydroxylation is 1. The van der Waals surface area contributed by atoms with Gasteiger partial charge in [-0.3, -0.25) is 9.89 Å². The Labute approximate surface area is 172 Å². The average Bonchev–Trinajstić information content (AvgIpc) is 3.06. The molecule has 144 valence electrons. The molecule has 1 aromatic heterocycles. The summed E-state index contributed by atoms with van der Waals surface area (Å²) in [6.07, 6.45) is 3.98. The van der Waals surface area contributed by atoms with Crippen LogP contribution < -0.4 is 10.6 Å². The molecule has 1 aromatic rings. The highest BCUT2D eigenvalue weighted by molar-refractivity contribution is 14.0. The van der Waals surface area contributed by atoms with Gasteiger partial charge in [0.05, 0.1) is 18.2 Å². The van der Waals surface area contributed by atoms with E-state index in [1.54, 1.807) is 11.3 Å². The zero-order valence-electron chi connectivity index (χ0n) is 15.7. The van der Waals surface area contributed by atoms with Crippen molar-refractivity contribution in [1.29, 1.82) is 0 Å². The highest BCUT2D eigenvalue weighted by Crippen LogP contribution is 2.13. The maximum Gasteiger partial charge on any atom is 0.191 e. The monoisotopic (exact) mass is 481 g/mol. The number of nitrogens with one attached hydrogen (secondary N) is 2. The van der Waals surface area contributed by atoms with Crippen LogP contribution in [0.1, 0.15) is 30.7 Å². The number of hydrogen-bond donors (Lipinski definition) is 2. The molecule has 0 amide bonds. The van der Waals surface area contributed by atoms with E-state index in [-0.39, 0.29) is 24.0 Å². The van der Waals surface area contributed by atoms with Crippen molar-refractivity contribution in [2.45, 2.75) is 45.7 Å². The Morgan fingerprint density at radius 2 is 2.32 bits per heavy atom. The first-order valence-corrected chi connectivity index (χ1v) is 9.67. The fraction of sp³-hybridized carbons (Fsp3) is 0.765. The zero-order valence-corrected chi connectivity index (χ0v) is 18.9. The number of aromatic nitrogens is 1. The van der Waals surface area contributed by atoms with Crippen LogP contribution in [0.2, 0.25) is 0 Å². The summed E-state index contributed by atoms with van der Waals surface area (Å²) < 4.78 is 5.51. The van der Waals surface area contributed by atoms with Gasteiger partial charge in [-0.15, -0.1) is 35.3 Å². The molecular weight excluding hydrogens is 449 g/mol. The van der Waals surface area contributed by atoms with Crippen LogP contribution in [0.3, 0.4) is 0 Å². The molecule has 1 aliphatic heterocycles. The number of halogens is 1. The number of nitrogens with zero attached hydrogens (tertiary/aromatic N) is 3. The Morgan fingerprint density at radius 3 is 2.96 bits per heavy atom. The third-order valence-corrected chi connectivity index (χ3v) is 5.56. The van der Waals surface area contributed by atoms with Crippen molar-refractivity contribution in [3.05, 3.63) is 16.1 Å². The molecule has 25 heavy (non-hydrogen) atoms. The summed E-state index contributed by atoms with van der Waals surface area (Å²) in [7, 11) is 1.82. The number of ether oxygens (including phenoxy) is 1. The van der Waals surface area contributed by atoms with Gasteiger partial charge in [0, 0.05) is 56.3 Å². The molecule has 1 saturated heterocycles. The van der Waals surface area contributed by atoms with Crippen LogP contribution in [0.15, 0.2) is 11.2 Å². The number of aliphatic imine (C=N–C) groups is 1. The number of hydrogen-bond acceptors (Lipinski definition) is 5. The van der Waals surface area contributed by atoms with Crippen molar-refractivity contribution in [3.8, 4) is 0 Å². The number of rotatable bonds is 7. The second-order valence-electron chi connectivity index (χ2n) is 6.21. The minimum absolute atomic E-state index is 0. The van der Waals surface area contributed by atoms with Crippen LogP contribution in [0.25, 0.3) is 0 Å². The van der Waals surface area contributed by atoms with Crippen molar-refractivity contribution in [1.82, 2.24) is 20.5 Å². The van der Waals surface area contributed by atoms with Gasteiger partial charge in [-0.05, 0) is 20.3 Å². The summed E-state index contributed by atoms with van der Waals surface area (Å²) in [5.74, 6) is 0.857. The smallest absolute Gasteiger partial charge is 0.191 e. The van der Waals surface area contributed by atoms with Gasteiger partial charge in [-0.1, -0.05) is 6.92 Å². The van der Waals surface area contributed by atoms with Gasteiger partial charge >= 0.3 is 0 Å². The minimum Gasteiger partial charge on any atom is -0.379 e. The summed E-state index contributed by atoms with van der Waals surface area (Å²) in [6.45, 7) is 11.0. The topological polar surface area (TPSA) is 61.8 Å². The molecule has 2 atom stereocenters. The maximum absolute atomic E-state index is 5.51. The second kappa shape index (κ2) is 12.0. The molecule has 8 heteroatoms. The SMILES string of the molecule is CCc1cnc(CCNC(=NC)NCC(C)N2CCOCC2C)s1.I. The van der Waals surface area contributed by atoms with E-state index in [1.165, 1.54) is 9.88 Å². The summed E-state index contributed by atoms with van der Waals surface area (Å²) in [4.78, 5) is 12.6. The second-order valence-corrected chi connectivity index (χ2v) is 7.41. The molecule has 0 saturated carbocycles. The molecule has 6 nitrogen and oxygen atoms in total. The van der Waals surface area contributed by atoms with Gasteiger partial charge < -0.3 is 15.4 Å². The van der Waals surface area contributed by atoms with Crippen LogP contribution in [0.4, 0.5) is 0 Å². The fourth-order valence-electron chi connectivity index (χ4n) is 2.89. The van der Waals surface area contributed by atoms with Crippen molar-refractivity contribution < 1.29 is 4.74 Å². The molecule has 0 bridgehead atoms. The first-order valence-electron chi connectivity index (χ1n) is 8.85. The van der Waals surface area contributed by atoms with E-state index >= 15 is 0 Å². The van der Waals surface area contributed by atoms with Crippen molar-refractivity contribution in [3.63, 3.8) is 0 Å². The zero-order chi connectivity index (χ0) is 17.4. The van der Waals surface area contributed by atoms with E-state index in [2.05, 4.69) is 46.3 Å². The molecule has 2 rings (SSSR count). The van der Waals surface area contributed by atoms with Crippen LogP contribution in [0, 0.1) is 0 Å². The van der Waals surface area contributed by atoms with E-state index in [1.807, 2.05) is 13.2 Å². The van der Waals surface area contributed by atoms with Crippen LogP contribution in [0.5, 0.6) is 0 Å². The van der Waals surface area contributed by atoms with E-state index in [0.717, 1.165) is 51.6 Å². The Kier molecular flexibility index (Phi) is 10.9. The van der Waals surface area contributed by atoms with Crippen molar-refractivity contribution in [2.24, 2.45) is 4.99 Å². The molecule has 2 heterocycles. The van der Waals surface area contributed by atoms with E-state index in [9.17, 15) is 0 Å². The van der Waals surface area contributed by atoms with Crippen LogP contribution in [-0.2, 0) is 17.6 Å². The van der Waals surface area contributed by atoms with E-state index < -0.39 is 0 Å².